The molecule has 0 aliphatic rings. The molecule has 8 heteroatoms. The van der Waals surface area contributed by atoms with E-state index < -0.39 is 22.5 Å². The van der Waals surface area contributed by atoms with Crippen LogP contribution in [0.4, 0.5) is 10.1 Å². The Bertz CT molecular complexity index is 1090. The van der Waals surface area contributed by atoms with E-state index in [4.69, 9.17) is 4.74 Å². The Labute approximate surface area is 175 Å². The molecule has 3 aromatic carbocycles. The number of methoxy groups -OCH3 is 1. The van der Waals surface area contributed by atoms with Gasteiger partial charge in [-0.1, -0.05) is 30.3 Å². The molecule has 156 valence electrons. The van der Waals surface area contributed by atoms with Gasteiger partial charge in [-0.25, -0.2) is 12.8 Å². The molecule has 0 fully saturated rings. The number of hydrogen-bond donors (Lipinski definition) is 1. The lowest BCUT2D eigenvalue weighted by Crippen LogP contribution is -2.40. The minimum Gasteiger partial charge on any atom is -0.497 e. The van der Waals surface area contributed by atoms with E-state index in [0.29, 0.717) is 17.0 Å². The molecule has 3 aromatic rings. The van der Waals surface area contributed by atoms with E-state index in [1.807, 2.05) is 0 Å². The number of benzene rings is 3. The van der Waals surface area contributed by atoms with Crippen molar-refractivity contribution in [2.24, 2.45) is 0 Å². The lowest BCUT2D eigenvalue weighted by Gasteiger charge is -2.24. The number of nitrogens with zero attached hydrogens (tertiary/aromatic N) is 1. The number of carbonyl (C=O) groups excluding carboxylic acids is 1. The van der Waals surface area contributed by atoms with Crippen molar-refractivity contribution in [3.05, 3.63) is 90.2 Å². The van der Waals surface area contributed by atoms with E-state index in [1.54, 1.807) is 54.6 Å². The van der Waals surface area contributed by atoms with E-state index in [1.165, 1.54) is 31.4 Å². The molecule has 0 bridgehead atoms. The van der Waals surface area contributed by atoms with Gasteiger partial charge in [0.05, 0.1) is 17.7 Å². The number of amides is 1. The molecule has 6 nitrogen and oxygen atoms in total. The highest BCUT2D eigenvalue weighted by Gasteiger charge is 2.27. The van der Waals surface area contributed by atoms with E-state index in [2.05, 4.69) is 5.32 Å². The Morgan fingerprint density at radius 1 is 0.967 bits per heavy atom. The lowest BCUT2D eigenvalue weighted by atomic mass is 10.2. The number of ether oxygens (including phenoxy) is 1. The Morgan fingerprint density at radius 2 is 1.60 bits per heavy atom. The molecule has 0 atom stereocenters. The summed E-state index contributed by atoms with van der Waals surface area (Å²) < 4.78 is 45.6. The molecule has 30 heavy (non-hydrogen) atoms. The van der Waals surface area contributed by atoms with E-state index in [0.717, 1.165) is 4.31 Å². The molecule has 0 spiro atoms. The Hall–Kier alpha value is -3.39. The Kier molecular flexibility index (Phi) is 6.68. The van der Waals surface area contributed by atoms with Crippen LogP contribution in [-0.4, -0.2) is 28.0 Å². The van der Waals surface area contributed by atoms with Crippen molar-refractivity contribution in [3.63, 3.8) is 0 Å². The first-order valence-corrected chi connectivity index (χ1v) is 10.6. The third-order valence-electron chi connectivity index (χ3n) is 4.38. The van der Waals surface area contributed by atoms with Gasteiger partial charge in [0.2, 0.25) is 5.91 Å². The van der Waals surface area contributed by atoms with Crippen molar-refractivity contribution in [2.75, 3.05) is 18.0 Å². The minimum absolute atomic E-state index is 0.0403. The van der Waals surface area contributed by atoms with Crippen molar-refractivity contribution in [1.82, 2.24) is 5.32 Å². The topological polar surface area (TPSA) is 75.7 Å². The monoisotopic (exact) mass is 428 g/mol. The largest absolute Gasteiger partial charge is 0.497 e. The number of nitrogens with one attached hydrogen (secondary N) is 1. The second-order valence-electron chi connectivity index (χ2n) is 6.43. The summed E-state index contributed by atoms with van der Waals surface area (Å²) in [6, 6.07) is 20.1. The van der Waals surface area contributed by atoms with E-state index in [9.17, 15) is 17.6 Å². The molecule has 0 heterocycles. The van der Waals surface area contributed by atoms with Gasteiger partial charge < -0.3 is 10.1 Å². The maximum absolute atomic E-state index is 13.2. The van der Waals surface area contributed by atoms with Gasteiger partial charge in [0.25, 0.3) is 10.0 Å². The SMILES string of the molecule is COc1ccc(S(=O)(=O)N(CC(=O)NCc2ccc(F)cc2)c2ccccc2)cc1. The molecule has 0 unspecified atom stereocenters. The molecule has 0 aromatic heterocycles. The predicted octanol–water partition coefficient (Wildman–Crippen LogP) is 3.35. The fourth-order valence-electron chi connectivity index (χ4n) is 2.77. The molecule has 0 aliphatic heterocycles. The van der Waals surface area contributed by atoms with Crippen LogP contribution < -0.4 is 14.4 Å². The van der Waals surface area contributed by atoms with Gasteiger partial charge in [-0.3, -0.25) is 9.10 Å². The van der Waals surface area contributed by atoms with Crippen LogP contribution in [0.2, 0.25) is 0 Å². The first-order valence-electron chi connectivity index (χ1n) is 9.13. The van der Waals surface area contributed by atoms with Crippen LogP contribution in [0.3, 0.4) is 0 Å². The van der Waals surface area contributed by atoms with Gasteiger partial charge in [-0.2, -0.15) is 0 Å². The first-order chi connectivity index (χ1) is 14.4. The van der Waals surface area contributed by atoms with Crippen molar-refractivity contribution < 1.29 is 22.3 Å². The number of halogens is 1. The van der Waals surface area contributed by atoms with Gasteiger partial charge >= 0.3 is 0 Å². The smallest absolute Gasteiger partial charge is 0.264 e. The molecular weight excluding hydrogens is 407 g/mol. The number of sulfonamides is 1. The predicted molar refractivity (Wildman–Crippen MR) is 112 cm³/mol. The van der Waals surface area contributed by atoms with Crippen molar-refractivity contribution >= 4 is 21.6 Å². The highest BCUT2D eigenvalue weighted by molar-refractivity contribution is 7.92. The van der Waals surface area contributed by atoms with Crippen LogP contribution in [0, 0.1) is 5.82 Å². The van der Waals surface area contributed by atoms with Crippen molar-refractivity contribution in [1.29, 1.82) is 0 Å². The van der Waals surface area contributed by atoms with Gasteiger partial charge in [-0.15, -0.1) is 0 Å². The van der Waals surface area contributed by atoms with Crippen molar-refractivity contribution in [3.8, 4) is 5.75 Å². The quantitative estimate of drug-likeness (QED) is 0.597. The van der Waals surface area contributed by atoms with Crippen LogP contribution in [0.5, 0.6) is 5.75 Å². The average molecular weight is 428 g/mol. The maximum Gasteiger partial charge on any atom is 0.264 e. The number of anilines is 1. The molecule has 1 amide bonds. The van der Waals surface area contributed by atoms with Crippen LogP contribution in [0.15, 0.2) is 83.8 Å². The minimum atomic E-state index is -4.00. The van der Waals surface area contributed by atoms with Gasteiger partial charge in [0.15, 0.2) is 0 Å². The van der Waals surface area contributed by atoms with E-state index in [-0.39, 0.29) is 17.3 Å². The Morgan fingerprint density at radius 3 is 2.20 bits per heavy atom. The molecule has 0 radical (unpaired) electrons. The number of hydrogen-bond acceptors (Lipinski definition) is 4. The zero-order valence-corrected chi connectivity index (χ0v) is 17.1. The summed E-state index contributed by atoms with van der Waals surface area (Å²) in [7, 11) is -2.50. The third kappa shape index (κ3) is 5.15. The Balaban J connectivity index is 1.81. The van der Waals surface area contributed by atoms with Gasteiger partial charge in [0.1, 0.15) is 18.1 Å². The molecule has 1 N–H and O–H groups in total. The number of rotatable bonds is 8. The van der Waals surface area contributed by atoms with Crippen molar-refractivity contribution in [2.45, 2.75) is 11.4 Å². The maximum atomic E-state index is 13.2. The standard InChI is InChI=1S/C22H21FN2O4S/c1-29-20-11-13-21(14-12-20)30(27,28)25(19-5-3-2-4-6-19)16-22(26)24-15-17-7-9-18(23)10-8-17/h2-14H,15-16H2,1H3,(H,24,26). The fourth-order valence-corrected chi connectivity index (χ4v) is 4.19. The second kappa shape index (κ2) is 9.41. The molecule has 0 saturated carbocycles. The summed E-state index contributed by atoms with van der Waals surface area (Å²) in [4.78, 5) is 12.6. The number of carbonyl (C=O) groups is 1. The molecule has 0 saturated heterocycles. The average Bonchev–Trinajstić information content (AvgIpc) is 2.77. The van der Waals surface area contributed by atoms with Crippen LogP contribution in [-0.2, 0) is 21.4 Å². The van der Waals surface area contributed by atoms with E-state index >= 15 is 0 Å². The summed E-state index contributed by atoms with van der Waals surface area (Å²) in [5, 5.41) is 2.67. The lowest BCUT2D eigenvalue weighted by molar-refractivity contribution is -0.119. The van der Waals surface area contributed by atoms with Crippen LogP contribution >= 0.6 is 0 Å². The summed E-state index contributed by atoms with van der Waals surface area (Å²) in [5.74, 6) is -0.330. The zero-order valence-electron chi connectivity index (χ0n) is 16.3. The van der Waals surface area contributed by atoms with Gasteiger partial charge in [0, 0.05) is 6.54 Å². The molecule has 0 aliphatic carbocycles. The summed E-state index contributed by atoms with van der Waals surface area (Å²) in [6.07, 6.45) is 0. The van der Waals surface area contributed by atoms with Crippen LogP contribution in [0.1, 0.15) is 5.56 Å². The van der Waals surface area contributed by atoms with Gasteiger partial charge in [-0.05, 0) is 54.1 Å². The highest BCUT2D eigenvalue weighted by Crippen LogP contribution is 2.24. The number of para-hydroxylation sites is 1. The highest BCUT2D eigenvalue weighted by atomic mass is 32.2. The molecule has 3 rings (SSSR count). The van der Waals surface area contributed by atoms with Crippen LogP contribution in [0.25, 0.3) is 0 Å². The summed E-state index contributed by atoms with van der Waals surface area (Å²) in [6.45, 7) is -0.246. The zero-order chi connectivity index (χ0) is 21.6. The fraction of sp³-hybridized carbons (Fsp3) is 0.136. The second-order valence-corrected chi connectivity index (χ2v) is 8.29. The summed E-state index contributed by atoms with van der Waals surface area (Å²) in [5.41, 5.74) is 1.07. The summed E-state index contributed by atoms with van der Waals surface area (Å²) >= 11 is 0. The normalized spacial score (nSPS) is 11.0. The molecular formula is C22H21FN2O4S. The third-order valence-corrected chi connectivity index (χ3v) is 6.17. The first kappa shape index (κ1) is 21.3.